The number of methoxy groups -OCH3 is 1. The average Bonchev–Trinajstić information content (AvgIpc) is 3.17. The lowest BCUT2D eigenvalue weighted by molar-refractivity contribution is -0.119. The quantitative estimate of drug-likeness (QED) is 0.540. The molecule has 9 heteroatoms. The molecule has 0 aliphatic heterocycles. The van der Waals surface area contributed by atoms with Crippen LogP contribution in [0.2, 0.25) is 5.02 Å². The molecule has 2 aromatic heterocycles. The SMILES string of the molecule is COC(=O)c1ccccc1Cn1nc(C)c(NC(=O)C(C)Cn2nc(C)c(Cl)c2C)c1C. The highest BCUT2D eigenvalue weighted by molar-refractivity contribution is 6.31. The summed E-state index contributed by atoms with van der Waals surface area (Å²) in [6, 6.07) is 7.24. The molecule has 1 unspecified atom stereocenters. The van der Waals surface area contributed by atoms with Crippen LogP contribution in [0.15, 0.2) is 24.3 Å². The van der Waals surface area contributed by atoms with Crippen molar-refractivity contribution in [3.63, 3.8) is 0 Å². The Labute approximate surface area is 192 Å². The number of nitrogens with one attached hydrogen (secondary N) is 1. The van der Waals surface area contributed by atoms with E-state index in [0.717, 1.165) is 22.6 Å². The van der Waals surface area contributed by atoms with Gasteiger partial charge in [-0.15, -0.1) is 0 Å². The first-order valence-corrected chi connectivity index (χ1v) is 10.7. The van der Waals surface area contributed by atoms with Crippen molar-refractivity contribution in [3.8, 4) is 0 Å². The van der Waals surface area contributed by atoms with Gasteiger partial charge in [-0.2, -0.15) is 10.2 Å². The molecular formula is C23H28ClN5O3. The van der Waals surface area contributed by atoms with E-state index >= 15 is 0 Å². The third-order valence-corrected chi connectivity index (χ3v) is 6.11. The number of aromatic nitrogens is 4. The Morgan fingerprint density at radius 3 is 2.34 bits per heavy atom. The molecule has 1 amide bonds. The van der Waals surface area contributed by atoms with Crippen LogP contribution >= 0.6 is 11.6 Å². The Morgan fingerprint density at radius 2 is 1.72 bits per heavy atom. The van der Waals surface area contributed by atoms with Gasteiger partial charge in [-0.25, -0.2) is 4.79 Å². The third kappa shape index (κ3) is 4.70. The lowest BCUT2D eigenvalue weighted by Crippen LogP contribution is -2.25. The second-order valence-electron chi connectivity index (χ2n) is 7.91. The smallest absolute Gasteiger partial charge is 0.338 e. The number of anilines is 1. The first-order chi connectivity index (χ1) is 15.1. The number of esters is 1. The summed E-state index contributed by atoms with van der Waals surface area (Å²) in [7, 11) is 1.36. The highest BCUT2D eigenvalue weighted by Crippen LogP contribution is 2.24. The van der Waals surface area contributed by atoms with E-state index in [1.165, 1.54) is 7.11 Å². The van der Waals surface area contributed by atoms with E-state index in [9.17, 15) is 9.59 Å². The van der Waals surface area contributed by atoms with E-state index in [0.29, 0.717) is 35.1 Å². The van der Waals surface area contributed by atoms with Gasteiger partial charge in [-0.05, 0) is 39.3 Å². The van der Waals surface area contributed by atoms with Gasteiger partial charge in [0.2, 0.25) is 5.91 Å². The number of carbonyl (C=O) groups is 2. The fraction of sp³-hybridized carbons (Fsp3) is 0.391. The molecule has 170 valence electrons. The second kappa shape index (κ2) is 9.56. The van der Waals surface area contributed by atoms with Crippen molar-refractivity contribution in [2.75, 3.05) is 12.4 Å². The first kappa shape index (κ1) is 23.5. The fourth-order valence-corrected chi connectivity index (χ4v) is 3.74. The molecule has 0 saturated carbocycles. The number of halogens is 1. The Bertz CT molecular complexity index is 1160. The van der Waals surface area contributed by atoms with Gasteiger partial charge >= 0.3 is 5.97 Å². The van der Waals surface area contributed by atoms with E-state index in [1.54, 1.807) is 21.5 Å². The minimum Gasteiger partial charge on any atom is -0.465 e. The molecule has 0 fully saturated rings. The molecule has 0 bridgehead atoms. The molecular weight excluding hydrogens is 430 g/mol. The number of hydrogen-bond donors (Lipinski definition) is 1. The maximum absolute atomic E-state index is 12.9. The topological polar surface area (TPSA) is 91.0 Å². The summed E-state index contributed by atoms with van der Waals surface area (Å²) in [6.07, 6.45) is 0. The van der Waals surface area contributed by atoms with Crippen LogP contribution < -0.4 is 5.32 Å². The van der Waals surface area contributed by atoms with Gasteiger partial charge in [0.15, 0.2) is 0 Å². The molecule has 8 nitrogen and oxygen atoms in total. The molecule has 3 aromatic rings. The lowest BCUT2D eigenvalue weighted by atomic mass is 10.1. The number of hydrogen-bond acceptors (Lipinski definition) is 5. The molecule has 1 aromatic carbocycles. The summed E-state index contributed by atoms with van der Waals surface area (Å²) < 4.78 is 8.41. The van der Waals surface area contributed by atoms with Crippen molar-refractivity contribution in [3.05, 3.63) is 63.2 Å². The summed E-state index contributed by atoms with van der Waals surface area (Å²) >= 11 is 6.22. The largest absolute Gasteiger partial charge is 0.465 e. The van der Waals surface area contributed by atoms with Crippen molar-refractivity contribution >= 4 is 29.2 Å². The summed E-state index contributed by atoms with van der Waals surface area (Å²) in [4.78, 5) is 25.0. The number of benzene rings is 1. The van der Waals surface area contributed by atoms with Crippen molar-refractivity contribution in [2.45, 2.75) is 47.7 Å². The number of nitrogens with zero attached hydrogens (tertiary/aromatic N) is 4. The van der Waals surface area contributed by atoms with Gasteiger partial charge in [0.1, 0.15) is 0 Å². The zero-order valence-corrected chi connectivity index (χ0v) is 19.9. The van der Waals surface area contributed by atoms with Gasteiger partial charge < -0.3 is 10.1 Å². The maximum atomic E-state index is 12.9. The highest BCUT2D eigenvalue weighted by Gasteiger charge is 2.21. The molecule has 1 atom stereocenters. The summed E-state index contributed by atoms with van der Waals surface area (Å²) in [5.41, 5.74) is 5.04. The number of ether oxygens (including phenoxy) is 1. The van der Waals surface area contributed by atoms with Crippen molar-refractivity contribution in [1.82, 2.24) is 19.6 Å². The highest BCUT2D eigenvalue weighted by atomic mass is 35.5. The molecule has 1 N–H and O–H groups in total. The molecule has 0 aliphatic rings. The first-order valence-electron chi connectivity index (χ1n) is 10.3. The van der Waals surface area contributed by atoms with E-state index in [1.807, 2.05) is 46.8 Å². The van der Waals surface area contributed by atoms with Gasteiger partial charge in [-0.3, -0.25) is 14.2 Å². The van der Waals surface area contributed by atoms with Gasteiger partial charge in [0, 0.05) is 0 Å². The average molecular weight is 458 g/mol. The van der Waals surface area contributed by atoms with Crippen LogP contribution in [0.25, 0.3) is 0 Å². The zero-order valence-electron chi connectivity index (χ0n) is 19.2. The van der Waals surface area contributed by atoms with Crippen molar-refractivity contribution in [1.29, 1.82) is 0 Å². The van der Waals surface area contributed by atoms with Crippen LogP contribution in [0.4, 0.5) is 5.69 Å². The summed E-state index contributed by atoms with van der Waals surface area (Å²) in [5.74, 6) is -0.852. The molecule has 0 aliphatic carbocycles. The van der Waals surface area contributed by atoms with Gasteiger partial charge in [-0.1, -0.05) is 36.7 Å². The van der Waals surface area contributed by atoms with Crippen LogP contribution in [-0.2, 0) is 22.6 Å². The molecule has 3 rings (SSSR count). The molecule has 32 heavy (non-hydrogen) atoms. The van der Waals surface area contributed by atoms with Gasteiger partial charge in [0.25, 0.3) is 0 Å². The van der Waals surface area contributed by atoms with Gasteiger partial charge in [0.05, 0.1) is 65.2 Å². The Balaban J connectivity index is 1.77. The van der Waals surface area contributed by atoms with Crippen LogP contribution in [0.3, 0.4) is 0 Å². The molecule has 2 heterocycles. The van der Waals surface area contributed by atoms with E-state index in [2.05, 4.69) is 15.5 Å². The normalized spacial score (nSPS) is 12.0. The Hall–Kier alpha value is -3.13. The Kier molecular flexibility index (Phi) is 7.03. The van der Waals surface area contributed by atoms with Crippen LogP contribution in [0.1, 0.15) is 45.6 Å². The molecule has 0 radical (unpaired) electrons. The number of carbonyl (C=O) groups excluding carboxylic acids is 2. The second-order valence-corrected chi connectivity index (χ2v) is 8.29. The van der Waals surface area contributed by atoms with Crippen molar-refractivity contribution in [2.24, 2.45) is 5.92 Å². The molecule has 0 spiro atoms. The van der Waals surface area contributed by atoms with E-state index in [4.69, 9.17) is 16.3 Å². The zero-order chi connectivity index (χ0) is 23.6. The van der Waals surface area contributed by atoms with Crippen LogP contribution in [0, 0.1) is 33.6 Å². The number of aryl methyl sites for hydroxylation is 2. The monoisotopic (exact) mass is 457 g/mol. The lowest BCUT2D eigenvalue weighted by Gasteiger charge is -2.14. The van der Waals surface area contributed by atoms with Crippen LogP contribution in [-0.4, -0.2) is 38.5 Å². The standard InChI is InChI=1S/C23H28ClN5O3/c1-13(11-28-16(4)20(24)14(2)26-28)22(30)25-21-15(3)27-29(17(21)5)12-18-9-7-8-10-19(18)23(31)32-6/h7-10,13H,11-12H2,1-6H3,(H,25,30). The minimum atomic E-state index is -0.395. The maximum Gasteiger partial charge on any atom is 0.338 e. The fourth-order valence-electron chi connectivity index (χ4n) is 3.60. The summed E-state index contributed by atoms with van der Waals surface area (Å²) in [6.45, 7) is 10.1. The number of rotatable bonds is 7. The predicted octanol–water partition coefficient (Wildman–Crippen LogP) is 4.08. The third-order valence-electron chi connectivity index (χ3n) is 5.56. The van der Waals surface area contributed by atoms with Crippen LogP contribution in [0.5, 0.6) is 0 Å². The van der Waals surface area contributed by atoms with Crippen molar-refractivity contribution < 1.29 is 14.3 Å². The predicted molar refractivity (Wildman–Crippen MR) is 123 cm³/mol. The molecule has 0 saturated heterocycles. The number of amides is 1. The van der Waals surface area contributed by atoms with E-state index < -0.39 is 5.97 Å². The minimum absolute atomic E-state index is 0.130. The summed E-state index contributed by atoms with van der Waals surface area (Å²) in [5, 5.41) is 12.6. The Morgan fingerprint density at radius 1 is 1.06 bits per heavy atom. The van der Waals surface area contributed by atoms with E-state index in [-0.39, 0.29) is 11.8 Å².